The van der Waals surface area contributed by atoms with Gasteiger partial charge in [0.15, 0.2) is 0 Å². The SMILES string of the molecule is O=C(NC[C@@H]1CCCO1)[C@H]1Cc2cc(C(F)(F)F)ccc2N2CCN(c3ccccc3F)C[C@H]12. The lowest BCUT2D eigenvalue weighted by Crippen LogP contribution is -2.61. The zero-order valence-electron chi connectivity index (χ0n) is 18.7. The molecule has 1 amide bonds. The molecule has 5 nitrogen and oxygen atoms in total. The summed E-state index contributed by atoms with van der Waals surface area (Å²) in [5, 5.41) is 2.96. The Kier molecular flexibility index (Phi) is 6.14. The number of carbonyl (C=O) groups excluding carboxylic acids is 1. The Labute approximate surface area is 195 Å². The summed E-state index contributed by atoms with van der Waals surface area (Å²) >= 11 is 0. The Morgan fingerprint density at radius 3 is 2.68 bits per heavy atom. The molecule has 34 heavy (non-hydrogen) atoms. The van der Waals surface area contributed by atoms with Gasteiger partial charge < -0.3 is 19.9 Å². The quantitative estimate of drug-likeness (QED) is 0.677. The fourth-order valence-electron chi connectivity index (χ4n) is 5.38. The van der Waals surface area contributed by atoms with Crippen molar-refractivity contribution < 1.29 is 27.1 Å². The number of halogens is 4. The first kappa shape index (κ1) is 23.0. The maximum absolute atomic E-state index is 14.5. The van der Waals surface area contributed by atoms with E-state index >= 15 is 0 Å². The Hall–Kier alpha value is -2.81. The van der Waals surface area contributed by atoms with Gasteiger partial charge in [0, 0.05) is 38.5 Å². The summed E-state index contributed by atoms with van der Waals surface area (Å²) < 4.78 is 60.2. The first-order valence-corrected chi connectivity index (χ1v) is 11.7. The minimum absolute atomic E-state index is 0.0333. The largest absolute Gasteiger partial charge is 0.416 e. The first-order valence-electron chi connectivity index (χ1n) is 11.7. The number of anilines is 2. The lowest BCUT2D eigenvalue weighted by Gasteiger charge is -2.49. The fraction of sp³-hybridized carbons (Fsp3) is 0.480. The Bertz CT molecular complexity index is 1050. The standard InChI is InChI=1S/C25H27F4N3O2/c26-20-5-1-2-6-22(20)31-9-10-32-21-8-7-17(25(27,28)29)12-16(21)13-19(23(32)15-31)24(33)30-14-18-4-3-11-34-18/h1-2,5-8,12,18-19,23H,3-4,9-11,13-15H2,(H,30,33)/t18-,19-,23+/m0/s1. The second kappa shape index (κ2) is 9.09. The van der Waals surface area contributed by atoms with Crippen LogP contribution in [-0.4, -0.2) is 50.8 Å². The number of nitrogens with zero attached hydrogens (tertiary/aromatic N) is 2. The lowest BCUT2D eigenvalue weighted by atomic mass is 9.82. The molecule has 0 saturated carbocycles. The maximum atomic E-state index is 14.5. The predicted octanol–water partition coefficient (Wildman–Crippen LogP) is 4.01. The molecule has 0 radical (unpaired) electrons. The molecule has 2 saturated heterocycles. The molecule has 3 aliphatic heterocycles. The number of benzene rings is 2. The highest BCUT2D eigenvalue weighted by molar-refractivity contribution is 5.82. The van der Waals surface area contributed by atoms with E-state index in [1.807, 2.05) is 9.80 Å². The van der Waals surface area contributed by atoms with Crippen molar-refractivity contribution in [3.05, 3.63) is 59.4 Å². The van der Waals surface area contributed by atoms with Gasteiger partial charge in [-0.25, -0.2) is 4.39 Å². The number of ether oxygens (including phenoxy) is 1. The third kappa shape index (κ3) is 4.45. The number of piperazine rings is 1. The molecule has 0 aliphatic carbocycles. The van der Waals surface area contributed by atoms with Crippen LogP contribution in [0.15, 0.2) is 42.5 Å². The molecule has 3 atom stereocenters. The minimum Gasteiger partial charge on any atom is -0.376 e. The van der Waals surface area contributed by atoms with Crippen LogP contribution in [0.4, 0.5) is 28.9 Å². The summed E-state index contributed by atoms with van der Waals surface area (Å²) in [4.78, 5) is 17.2. The Morgan fingerprint density at radius 2 is 1.94 bits per heavy atom. The molecule has 0 bridgehead atoms. The van der Waals surface area contributed by atoms with Crippen molar-refractivity contribution in [2.75, 3.05) is 42.6 Å². The van der Waals surface area contributed by atoms with E-state index in [1.54, 1.807) is 18.2 Å². The monoisotopic (exact) mass is 477 g/mol. The van der Waals surface area contributed by atoms with Crippen LogP contribution >= 0.6 is 0 Å². The average molecular weight is 478 g/mol. The summed E-state index contributed by atoms with van der Waals surface area (Å²) in [6.07, 6.45) is -2.46. The van der Waals surface area contributed by atoms with Gasteiger partial charge >= 0.3 is 6.18 Å². The zero-order valence-corrected chi connectivity index (χ0v) is 18.7. The van der Waals surface area contributed by atoms with Gasteiger partial charge in [-0.3, -0.25) is 4.79 Å². The van der Waals surface area contributed by atoms with Gasteiger partial charge in [0.05, 0.1) is 29.3 Å². The molecular formula is C25H27F4N3O2. The lowest BCUT2D eigenvalue weighted by molar-refractivity contribution is -0.137. The topological polar surface area (TPSA) is 44.8 Å². The van der Waals surface area contributed by atoms with Crippen LogP contribution in [0.5, 0.6) is 0 Å². The van der Waals surface area contributed by atoms with Crippen molar-refractivity contribution in [2.24, 2.45) is 5.92 Å². The normalized spacial score (nSPS) is 24.5. The number of nitrogens with one attached hydrogen (secondary N) is 1. The number of fused-ring (bicyclic) bond motifs is 3. The van der Waals surface area contributed by atoms with Crippen LogP contribution in [0.2, 0.25) is 0 Å². The highest BCUT2D eigenvalue weighted by atomic mass is 19.4. The summed E-state index contributed by atoms with van der Waals surface area (Å²) in [5.41, 5.74) is 0.990. The van der Waals surface area contributed by atoms with Crippen LogP contribution in [0.1, 0.15) is 24.0 Å². The van der Waals surface area contributed by atoms with Crippen LogP contribution in [0.3, 0.4) is 0 Å². The van der Waals surface area contributed by atoms with E-state index < -0.39 is 17.7 Å². The molecule has 3 heterocycles. The van der Waals surface area contributed by atoms with E-state index in [1.165, 1.54) is 12.1 Å². The van der Waals surface area contributed by atoms with Gasteiger partial charge in [0.1, 0.15) is 5.82 Å². The molecule has 182 valence electrons. The molecule has 2 aromatic rings. The summed E-state index contributed by atoms with van der Waals surface area (Å²) in [6.45, 7) is 2.44. The molecule has 0 spiro atoms. The van der Waals surface area contributed by atoms with E-state index in [2.05, 4.69) is 5.32 Å². The number of rotatable bonds is 4. The van der Waals surface area contributed by atoms with E-state index in [-0.39, 0.29) is 30.3 Å². The van der Waals surface area contributed by atoms with Gasteiger partial charge in [-0.2, -0.15) is 13.2 Å². The van der Waals surface area contributed by atoms with Crippen molar-refractivity contribution in [2.45, 2.75) is 37.6 Å². The van der Waals surface area contributed by atoms with Crippen LogP contribution in [0, 0.1) is 11.7 Å². The molecule has 0 unspecified atom stereocenters. The van der Waals surface area contributed by atoms with Crippen molar-refractivity contribution in [3.8, 4) is 0 Å². The summed E-state index contributed by atoms with van der Waals surface area (Å²) in [7, 11) is 0. The van der Waals surface area contributed by atoms with E-state index in [0.29, 0.717) is 49.7 Å². The number of amides is 1. The highest BCUT2D eigenvalue weighted by Gasteiger charge is 2.43. The third-order valence-corrected chi connectivity index (χ3v) is 7.10. The molecule has 9 heteroatoms. The van der Waals surface area contributed by atoms with Gasteiger partial charge in [0.2, 0.25) is 5.91 Å². The Morgan fingerprint density at radius 1 is 1.12 bits per heavy atom. The Balaban J connectivity index is 1.44. The predicted molar refractivity (Wildman–Crippen MR) is 120 cm³/mol. The fourth-order valence-corrected chi connectivity index (χ4v) is 5.38. The summed E-state index contributed by atoms with van der Waals surface area (Å²) in [5.74, 6) is -1.10. The number of hydrogen-bond donors (Lipinski definition) is 1. The number of carbonyl (C=O) groups is 1. The molecule has 1 N–H and O–H groups in total. The second-order valence-electron chi connectivity index (χ2n) is 9.19. The van der Waals surface area contributed by atoms with Crippen molar-refractivity contribution in [3.63, 3.8) is 0 Å². The van der Waals surface area contributed by atoms with Crippen molar-refractivity contribution in [1.29, 1.82) is 0 Å². The zero-order chi connectivity index (χ0) is 23.9. The smallest absolute Gasteiger partial charge is 0.376 e. The van der Waals surface area contributed by atoms with Crippen molar-refractivity contribution >= 4 is 17.3 Å². The molecule has 0 aromatic heterocycles. The van der Waals surface area contributed by atoms with Crippen LogP contribution in [0.25, 0.3) is 0 Å². The molecule has 5 rings (SSSR count). The van der Waals surface area contributed by atoms with Gasteiger partial charge in [-0.05, 0) is 55.2 Å². The molecule has 2 aromatic carbocycles. The minimum atomic E-state index is -4.45. The first-order chi connectivity index (χ1) is 16.3. The van der Waals surface area contributed by atoms with Crippen LogP contribution < -0.4 is 15.1 Å². The average Bonchev–Trinajstić information content (AvgIpc) is 3.35. The highest BCUT2D eigenvalue weighted by Crippen LogP contribution is 2.40. The molecular weight excluding hydrogens is 450 g/mol. The maximum Gasteiger partial charge on any atom is 0.416 e. The van der Waals surface area contributed by atoms with E-state index in [4.69, 9.17) is 4.74 Å². The second-order valence-corrected chi connectivity index (χ2v) is 9.19. The van der Waals surface area contributed by atoms with E-state index in [9.17, 15) is 22.4 Å². The molecule has 3 aliphatic rings. The van der Waals surface area contributed by atoms with Crippen molar-refractivity contribution in [1.82, 2.24) is 5.32 Å². The third-order valence-electron chi connectivity index (χ3n) is 7.10. The van der Waals surface area contributed by atoms with Crippen LogP contribution in [-0.2, 0) is 22.1 Å². The van der Waals surface area contributed by atoms with Gasteiger partial charge in [-0.15, -0.1) is 0 Å². The van der Waals surface area contributed by atoms with Gasteiger partial charge in [-0.1, -0.05) is 12.1 Å². The van der Waals surface area contributed by atoms with Gasteiger partial charge in [0.25, 0.3) is 0 Å². The summed E-state index contributed by atoms with van der Waals surface area (Å²) in [6, 6.07) is 9.99. The number of para-hydroxylation sites is 1. The number of hydrogen-bond acceptors (Lipinski definition) is 4. The molecule has 2 fully saturated rings. The van der Waals surface area contributed by atoms with E-state index in [0.717, 1.165) is 25.0 Å². The number of alkyl halides is 3.